The zero-order valence-electron chi connectivity index (χ0n) is 14.0. The van der Waals surface area contributed by atoms with Crippen LogP contribution in [0.25, 0.3) is 0 Å². The van der Waals surface area contributed by atoms with E-state index < -0.39 is 0 Å². The number of aromatic nitrogens is 2. The molecule has 1 aromatic carbocycles. The summed E-state index contributed by atoms with van der Waals surface area (Å²) in [6.45, 7) is 2.27. The van der Waals surface area contributed by atoms with Crippen molar-refractivity contribution in [2.45, 2.75) is 12.7 Å². The van der Waals surface area contributed by atoms with Gasteiger partial charge in [-0.15, -0.1) is 0 Å². The van der Waals surface area contributed by atoms with Gasteiger partial charge in [0.05, 0.1) is 38.7 Å². The molecule has 0 bridgehead atoms. The van der Waals surface area contributed by atoms with E-state index in [4.69, 9.17) is 18.9 Å². The third-order valence-electron chi connectivity index (χ3n) is 3.69. The minimum atomic E-state index is -0.269. The molecule has 2 heterocycles. The van der Waals surface area contributed by atoms with Crippen LogP contribution in [0.15, 0.2) is 30.3 Å². The van der Waals surface area contributed by atoms with Gasteiger partial charge in [0, 0.05) is 6.54 Å². The van der Waals surface area contributed by atoms with Gasteiger partial charge >= 0.3 is 0 Å². The van der Waals surface area contributed by atoms with Gasteiger partial charge in [0.25, 0.3) is 5.91 Å². The molecule has 0 aliphatic carbocycles. The third-order valence-corrected chi connectivity index (χ3v) is 3.69. The quantitative estimate of drug-likeness (QED) is 0.780. The van der Waals surface area contributed by atoms with Crippen LogP contribution in [0.5, 0.6) is 11.5 Å². The maximum absolute atomic E-state index is 12.1. The molecule has 0 saturated carbocycles. The van der Waals surface area contributed by atoms with Crippen LogP contribution in [0.1, 0.15) is 16.2 Å². The number of rotatable bonds is 7. The summed E-state index contributed by atoms with van der Waals surface area (Å²) in [5, 5.41) is 9.60. The van der Waals surface area contributed by atoms with Crippen LogP contribution in [0.4, 0.5) is 0 Å². The highest BCUT2D eigenvalue weighted by Crippen LogP contribution is 2.26. The molecule has 1 aliphatic heterocycles. The van der Waals surface area contributed by atoms with E-state index in [9.17, 15) is 4.79 Å². The fourth-order valence-electron chi connectivity index (χ4n) is 2.40. The SMILES string of the molecule is COc1ccccc1OCc1cc(C(=O)NC[C@@H]2COCCO2)n[nH]1. The van der Waals surface area contributed by atoms with Crippen molar-refractivity contribution in [3.05, 3.63) is 41.7 Å². The first-order valence-electron chi connectivity index (χ1n) is 8.04. The number of nitrogens with one attached hydrogen (secondary N) is 2. The van der Waals surface area contributed by atoms with Crippen LogP contribution in [0, 0.1) is 0 Å². The lowest BCUT2D eigenvalue weighted by Crippen LogP contribution is -2.39. The number of methoxy groups -OCH3 is 1. The number of ether oxygens (including phenoxy) is 4. The first-order chi connectivity index (χ1) is 12.3. The van der Waals surface area contributed by atoms with Gasteiger partial charge < -0.3 is 24.3 Å². The predicted molar refractivity (Wildman–Crippen MR) is 88.8 cm³/mol. The maximum atomic E-state index is 12.1. The van der Waals surface area contributed by atoms with E-state index in [-0.39, 0.29) is 18.6 Å². The fourth-order valence-corrected chi connectivity index (χ4v) is 2.40. The van der Waals surface area contributed by atoms with Crippen LogP contribution in [0.2, 0.25) is 0 Å². The Morgan fingerprint density at radius 3 is 2.96 bits per heavy atom. The molecule has 25 heavy (non-hydrogen) atoms. The predicted octanol–water partition coefficient (Wildman–Crippen LogP) is 1.14. The van der Waals surface area contributed by atoms with Gasteiger partial charge in [-0.2, -0.15) is 5.10 Å². The lowest BCUT2D eigenvalue weighted by Gasteiger charge is -2.22. The van der Waals surface area contributed by atoms with Gasteiger partial charge in [0.1, 0.15) is 12.3 Å². The van der Waals surface area contributed by atoms with Gasteiger partial charge in [-0.25, -0.2) is 0 Å². The number of carbonyl (C=O) groups is 1. The molecule has 0 spiro atoms. The molecule has 1 amide bonds. The largest absolute Gasteiger partial charge is 0.493 e. The Balaban J connectivity index is 1.50. The first kappa shape index (κ1) is 17.2. The summed E-state index contributed by atoms with van der Waals surface area (Å²) in [4.78, 5) is 12.1. The number of amides is 1. The van der Waals surface area contributed by atoms with E-state index in [1.165, 1.54) is 0 Å². The molecule has 0 radical (unpaired) electrons. The van der Waals surface area contributed by atoms with Crippen molar-refractivity contribution in [2.75, 3.05) is 33.5 Å². The minimum absolute atomic E-state index is 0.120. The number of nitrogens with zero attached hydrogens (tertiary/aromatic N) is 1. The Morgan fingerprint density at radius 2 is 2.20 bits per heavy atom. The van der Waals surface area contributed by atoms with Crippen molar-refractivity contribution in [1.82, 2.24) is 15.5 Å². The average molecular weight is 347 g/mol. The Kier molecular flexibility index (Phi) is 5.86. The van der Waals surface area contributed by atoms with E-state index in [0.717, 1.165) is 0 Å². The van der Waals surface area contributed by atoms with Crippen LogP contribution in [-0.2, 0) is 16.1 Å². The highest BCUT2D eigenvalue weighted by atomic mass is 16.6. The van der Waals surface area contributed by atoms with E-state index in [1.807, 2.05) is 24.3 Å². The fraction of sp³-hybridized carbons (Fsp3) is 0.412. The number of para-hydroxylation sites is 2. The molecule has 1 aromatic heterocycles. The average Bonchev–Trinajstić information content (AvgIpc) is 3.14. The Bertz CT molecular complexity index is 697. The molecule has 8 nitrogen and oxygen atoms in total. The van der Waals surface area contributed by atoms with Crippen molar-refractivity contribution >= 4 is 5.91 Å². The number of hydrogen-bond acceptors (Lipinski definition) is 6. The summed E-state index contributed by atoms with van der Waals surface area (Å²) in [6, 6.07) is 9.02. The van der Waals surface area contributed by atoms with Crippen LogP contribution < -0.4 is 14.8 Å². The second-order valence-electron chi connectivity index (χ2n) is 5.50. The van der Waals surface area contributed by atoms with Crippen molar-refractivity contribution in [3.63, 3.8) is 0 Å². The van der Waals surface area contributed by atoms with E-state index in [0.29, 0.717) is 49.3 Å². The Labute approximate surface area is 145 Å². The van der Waals surface area contributed by atoms with Gasteiger partial charge in [-0.05, 0) is 18.2 Å². The second kappa shape index (κ2) is 8.50. The van der Waals surface area contributed by atoms with Crippen LogP contribution >= 0.6 is 0 Å². The summed E-state index contributed by atoms with van der Waals surface area (Å²) in [6.07, 6.45) is -0.120. The molecule has 3 rings (SSSR count). The summed E-state index contributed by atoms with van der Waals surface area (Å²) in [5.74, 6) is 1.00. The summed E-state index contributed by atoms with van der Waals surface area (Å²) in [5.41, 5.74) is 0.990. The van der Waals surface area contributed by atoms with Gasteiger partial charge in [0.2, 0.25) is 0 Å². The monoisotopic (exact) mass is 347 g/mol. The molecule has 1 aliphatic rings. The Morgan fingerprint density at radius 1 is 1.36 bits per heavy atom. The second-order valence-corrected chi connectivity index (χ2v) is 5.50. The molecular formula is C17H21N3O5. The molecule has 1 saturated heterocycles. The number of benzene rings is 1. The van der Waals surface area contributed by atoms with Crippen molar-refractivity contribution in [3.8, 4) is 11.5 Å². The molecule has 2 aromatic rings. The highest BCUT2D eigenvalue weighted by molar-refractivity contribution is 5.92. The summed E-state index contributed by atoms with van der Waals surface area (Å²) >= 11 is 0. The van der Waals surface area contributed by atoms with Crippen LogP contribution in [-0.4, -0.2) is 55.7 Å². The van der Waals surface area contributed by atoms with Gasteiger partial charge in [-0.3, -0.25) is 9.89 Å². The Hall–Kier alpha value is -2.58. The zero-order chi connectivity index (χ0) is 17.5. The molecule has 134 valence electrons. The maximum Gasteiger partial charge on any atom is 0.271 e. The van der Waals surface area contributed by atoms with E-state index in [2.05, 4.69) is 15.5 Å². The summed E-state index contributed by atoms with van der Waals surface area (Å²) in [7, 11) is 1.59. The molecule has 1 fully saturated rings. The molecule has 0 unspecified atom stereocenters. The van der Waals surface area contributed by atoms with Gasteiger partial charge in [0.15, 0.2) is 11.5 Å². The van der Waals surface area contributed by atoms with E-state index >= 15 is 0 Å². The smallest absolute Gasteiger partial charge is 0.271 e. The lowest BCUT2D eigenvalue weighted by atomic mass is 10.3. The first-order valence-corrected chi connectivity index (χ1v) is 8.04. The van der Waals surface area contributed by atoms with E-state index in [1.54, 1.807) is 13.2 Å². The lowest BCUT2D eigenvalue weighted by molar-refractivity contribution is -0.0855. The van der Waals surface area contributed by atoms with Crippen LogP contribution in [0.3, 0.4) is 0 Å². The number of hydrogen-bond donors (Lipinski definition) is 2. The van der Waals surface area contributed by atoms with Crippen molar-refractivity contribution in [2.24, 2.45) is 0 Å². The van der Waals surface area contributed by atoms with Crippen molar-refractivity contribution in [1.29, 1.82) is 0 Å². The molecule has 1 atom stereocenters. The van der Waals surface area contributed by atoms with Crippen molar-refractivity contribution < 1.29 is 23.7 Å². The zero-order valence-corrected chi connectivity index (χ0v) is 14.0. The number of aromatic amines is 1. The normalized spacial score (nSPS) is 17.1. The highest BCUT2D eigenvalue weighted by Gasteiger charge is 2.17. The molecule has 2 N–H and O–H groups in total. The molecular weight excluding hydrogens is 326 g/mol. The number of carbonyl (C=O) groups excluding carboxylic acids is 1. The topological polar surface area (TPSA) is 94.7 Å². The van der Waals surface area contributed by atoms with Gasteiger partial charge in [-0.1, -0.05) is 12.1 Å². The third kappa shape index (κ3) is 4.71. The standard InChI is InChI=1S/C17H21N3O5/c1-22-15-4-2-3-5-16(15)25-10-12-8-14(20-19-12)17(21)18-9-13-11-23-6-7-24-13/h2-5,8,13H,6-7,9-11H2,1H3,(H,18,21)(H,19,20)/t13-/m1/s1. The molecule has 8 heteroatoms. The number of H-pyrrole nitrogens is 1. The minimum Gasteiger partial charge on any atom is -0.493 e. The summed E-state index contributed by atoms with van der Waals surface area (Å²) < 4.78 is 21.7.